The molecule has 2 rings (SSSR count). The molecule has 0 aliphatic rings. The van der Waals surface area contributed by atoms with Crippen LogP contribution in [0.1, 0.15) is 22.9 Å². The van der Waals surface area contributed by atoms with E-state index in [4.69, 9.17) is 9.47 Å². The Bertz CT molecular complexity index is 619. The molecule has 1 atom stereocenters. The summed E-state index contributed by atoms with van der Waals surface area (Å²) >= 11 is 0. The third-order valence-electron chi connectivity index (χ3n) is 2.92. The average molecular weight is 278 g/mol. The van der Waals surface area contributed by atoms with Gasteiger partial charge >= 0.3 is 0 Å². The number of aryl methyl sites for hydroxylation is 1. The highest BCUT2D eigenvalue weighted by molar-refractivity contribution is 5.35. The van der Waals surface area contributed by atoms with E-state index in [1.165, 1.54) is 26.5 Å². The van der Waals surface area contributed by atoms with E-state index in [9.17, 15) is 9.50 Å². The maximum absolute atomic E-state index is 14.0. The number of hydrogen-bond acceptors (Lipinski definition) is 5. The van der Waals surface area contributed by atoms with Crippen LogP contribution in [-0.2, 0) is 0 Å². The number of aromatic nitrogens is 2. The second-order valence-electron chi connectivity index (χ2n) is 4.19. The molecule has 1 aromatic heterocycles. The van der Waals surface area contributed by atoms with Crippen molar-refractivity contribution in [2.75, 3.05) is 14.2 Å². The molecule has 1 unspecified atom stereocenters. The van der Waals surface area contributed by atoms with E-state index < -0.39 is 11.9 Å². The van der Waals surface area contributed by atoms with Crippen molar-refractivity contribution in [3.8, 4) is 11.8 Å². The fourth-order valence-corrected chi connectivity index (χ4v) is 1.83. The summed E-state index contributed by atoms with van der Waals surface area (Å²) in [5, 5.41) is 10.3. The number of ether oxygens (including phenoxy) is 2. The summed E-state index contributed by atoms with van der Waals surface area (Å²) in [7, 11) is 2.84. The molecule has 0 radical (unpaired) electrons. The summed E-state index contributed by atoms with van der Waals surface area (Å²) in [6.45, 7) is 1.63. The molecule has 0 aliphatic carbocycles. The minimum Gasteiger partial charge on any atom is -0.480 e. The Labute approximate surface area is 116 Å². The molecule has 6 heteroatoms. The lowest BCUT2D eigenvalue weighted by Crippen LogP contribution is -2.09. The third kappa shape index (κ3) is 2.55. The predicted molar refractivity (Wildman–Crippen MR) is 70.3 cm³/mol. The number of halogens is 1. The quantitative estimate of drug-likeness (QED) is 0.927. The summed E-state index contributed by atoms with van der Waals surface area (Å²) in [5.74, 6) is -0.125. The van der Waals surface area contributed by atoms with Crippen molar-refractivity contribution in [3.63, 3.8) is 0 Å². The topological polar surface area (TPSA) is 64.5 Å². The van der Waals surface area contributed by atoms with E-state index in [1.54, 1.807) is 19.1 Å². The average Bonchev–Trinajstić information content (AvgIpc) is 2.48. The molecule has 0 amide bonds. The highest BCUT2D eigenvalue weighted by atomic mass is 19.1. The third-order valence-corrected chi connectivity index (χ3v) is 2.92. The van der Waals surface area contributed by atoms with Gasteiger partial charge in [-0.25, -0.2) is 9.37 Å². The highest BCUT2D eigenvalue weighted by Crippen LogP contribution is 2.30. The van der Waals surface area contributed by atoms with E-state index in [-0.39, 0.29) is 23.0 Å². The second kappa shape index (κ2) is 5.83. The van der Waals surface area contributed by atoms with Crippen LogP contribution in [0.25, 0.3) is 0 Å². The smallest absolute Gasteiger partial charge is 0.241 e. The van der Waals surface area contributed by atoms with Crippen LogP contribution in [0.5, 0.6) is 11.8 Å². The van der Waals surface area contributed by atoms with Gasteiger partial charge in [-0.3, -0.25) is 0 Å². The van der Waals surface area contributed by atoms with Gasteiger partial charge in [0.25, 0.3) is 0 Å². The molecular formula is C14H15FN2O3. The van der Waals surface area contributed by atoms with Crippen LogP contribution >= 0.6 is 0 Å². The zero-order chi connectivity index (χ0) is 14.7. The Morgan fingerprint density at radius 2 is 2.00 bits per heavy atom. The monoisotopic (exact) mass is 278 g/mol. The van der Waals surface area contributed by atoms with Crippen molar-refractivity contribution in [2.45, 2.75) is 13.0 Å². The molecule has 0 saturated carbocycles. The number of rotatable bonds is 4. The van der Waals surface area contributed by atoms with Gasteiger partial charge in [0.05, 0.1) is 20.4 Å². The molecule has 2 aromatic rings. The lowest BCUT2D eigenvalue weighted by atomic mass is 10.0. The highest BCUT2D eigenvalue weighted by Gasteiger charge is 2.22. The summed E-state index contributed by atoms with van der Waals surface area (Å²) in [6.07, 6.45) is 0.0812. The molecule has 0 spiro atoms. The molecule has 106 valence electrons. The van der Waals surface area contributed by atoms with Crippen LogP contribution in [0.4, 0.5) is 4.39 Å². The lowest BCUT2D eigenvalue weighted by Gasteiger charge is -2.15. The first kappa shape index (κ1) is 14.2. The number of hydrogen-bond donors (Lipinski definition) is 1. The van der Waals surface area contributed by atoms with Crippen molar-refractivity contribution in [3.05, 3.63) is 47.0 Å². The Morgan fingerprint density at radius 1 is 1.25 bits per heavy atom. The van der Waals surface area contributed by atoms with Gasteiger partial charge in [-0.15, -0.1) is 0 Å². The van der Waals surface area contributed by atoms with Crippen LogP contribution in [-0.4, -0.2) is 29.3 Å². The Kier molecular flexibility index (Phi) is 4.14. The Morgan fingerprint density at radius 3 is 2.65 bits per heavy atom. The zero-order valence-corrected chi connectivity index (χ0v) is 11.4. The Hall–Kier alpha value is -2.21. The Balaban J connectivity index is 2.47. The summed E-state index contributed by atoms with van der Waals surface area (Å²) < 4.78 is 24.0. The summed E-state index contributed by atoms with van der Waals surface area (Å²) in [4.78, 5) is 8.06. The number of nitrogens with zero attached hydrogens (tertiary/aromatic N) is 2. The standard InChI is InChI=1S/C14H15FN2O3/c1-8-5-4-6-9(11(8)15)13(18)12-14(20-3)17-10(19-2)7-16-12/h4-7,13,18H,1-3H3. The van der Waals surface area contributed by atoms with Crippen molar-refractivity contribution in [1.29, 1.82) is 0 Å². The maximum Gasteiger partial charge on any atom is 0.241 e. The van der Waals surface area contributed by atoms with E-state index in [2.05, 4.69) is 9.97 Å². The van der Waals surface area contributed by atoms with E-state index in [0.29, 0.717) is 5.56 Å². The largest absolute Gasteiger partial charge is 0.480 e. The maximum atomic E-state index is 14.0. The van der Waals surface area contributed by atoms with Gasteiger partial charge in [0.2, 0.25) is 11.8 Å². The van der Waals surface area contributed by atoms with E-state index in [0.717, 1.165) is 0 Å². The first-order valence-electron chi connectivity index (χ1n) is 5.96. The summed E-state index contributed by atoms with van der Waals surface area (Å²) in [6, 6.07) is 4.79. The minimum absolute atomic E-state index is 0.0951. The molecule has 0 aliphatic heterocycles. The van der Waals surface area contributed by atoms with Gasteiger partial charge in [0, 0.05) is 5.56 Å². The first-order chi connectivity index (χ1) is 9.58. The van der Waals surface area contributed by atoms with Crippen molar-refractivity contribution < 1.29 is 19.0 Å². The molecule has 1 heterocycles. The second-order valence-corrected chi connectivity index (χ2v) is 4.19. The summed E-state index contributed by atoms with van der Waals surface area (Å²) in [5.41, 5.74) is 0.711. The van der Waals surface area contributed by atoms with Gasteiger partial charge in [0.15, 0.2) is 0 Å². The number of aliphatic hydroxyl groups excluding tert-OH is 1. The number of methoxy groups -OCH3 is 2. The van der Waals surface area contributed by atoms with Crippen LogP contribution in [0, 0.1) is 12.7 Å². The molecule has 1 N–H and O–H groups in total. The van der Waals surface area contributed by atoms with Crippen LogP contribution in [0.3, 0.4) is 0 Å². The first-order valence-corrected chi connectivity index (χ1v) is 5.96. The number of benzene rings is 1. The van der Waals surface area contributed by atoms with Gasteiger partial charge in [-0.1, -0.05) is 18.2 Å². The van der Waals surface area contributed by atoms with Crippen molar-refractivity contribution >= 4 is 0 Å². The van der Waals surface area contributed by atoms with Gasteiger partial charge in [0.1, 0.15) is 17.6 Å². The van der Waals surface area contributed by atoms with Gasteiger partial charge < -0.3 is 14.6 Å². The van der Waals surface area contributed by atoms with Crippen molar-refractivity contribution in [2.24, 2.45) is 0 Å². The zero-order valence-electron chi connectivity index (χ0n) is 11.4. The molecule has 0 fully saturated rings. The molecule has 0 bridgehead atoms. The normalized spacial score (nSPS) is 12.1. The SMILES string of the molecule is COc1cnc(C(O)c2cccc(C)c2F)c(OC)n1. The fraction of sp³-hybridized carbons (Fsp3) is 0.286. The van der Waals surface area contributed by atoms with Gasteiger partial charge in [-0.2, -0.15) is 4.98 Å². The molecule has 0 saturated heterocycles. The minimum atomic E-state index is -1.26. The predicted octanol–water partition coefficient (Wildman–Crippen LogP) is 2.02. The van der Waals surface area contributed by atoms with Crippen LogP contribution < -0.4 is 9.47 Å². The van der Waals surface area contributed by atoms with Crippen LogP contribution in [0.15, 0.2) is 24.4 Å². The van der Waals surface area contributed by atoms with E-state index in [1.807, 2.05) is 0 Å². The van der Waals surface area contributed by atoms with Crippen molar-refractivity contribution in [1.82, 2.24) is 9.97 Å². The molecule has 1 aromatic carbocycles. The van der Waals surface area contributed by atoms with E-state index >= 15 is 0 Å². The molecule has 20 heavy (non-hydrogen) atoms. The van der Waals surface area contributed by atoms with Crippen LogP contribution in [0.2, 0.25) is 0 Å². The molecular weight excluding hydrogens is 263 g/mol. The molecule has 5 nitrogen and oxygen atoms in total. The fourth-order valence-electron chi connectivity index (χ4n) is 1.83. The van der Waals surface area contributed by atoms with Gasteiger partial charge in [-0.05, 0) is 12.5 Å². The lowest BCUT2D eigenvalue weighted by molar-refractivity contribution is 0.201. The number of aliphatic hydroxyl groups is 1.